The van der Waals surface area contributed by atoms with E-state index in [9.17, 15) is 9.18 Å². The number of halogens is 1. The van der Waals surface area contributed by atoms with Crippen LogP contribution in [0.15, 0.2) is 58.5 Å². The summed E-state index contributed by atoms with van der Waals surface area (Å²) >= 11 is 1.40. The molecule has 0 unspecified atom stereocenters. The molecule has 6 nitrogen and oxygen atoms in total. The van der Waals surface area contributed by atoms with Gasteiger partial charge in [-0.2, -0.15) is 0 Å². The van der Waals surface area contributed by atoms with Crippen LogP contribution in [0.4, 0.5) is 4.39 Å². The van der Waals surface area contributed by atoms with E-state index >= 15 is 0 Å². The summed E-state index contributed by atoms with van der Waals surface area (Å²) in [6.07, 6.45) is 0. The molecule has 0 aliphatic rings. The van der Waals surface area contributed by atoms with Gasteiger partial charge in [0.15, 0.2) is 11.0 Å². The van der Waals surface area contributed by atoms with Crippen molar-refractivity contribution in [1.82, 2.24) is 24.7 Å². The van der Waals surface area contributed by atoms with E-state index in [0.29, 0.717) is 33.3 Å². The summed E-state index contributed by atoms with van der Waals surface area (Å²) in [4.78, 5) is 19.6. The second kappa shape index (κ2) is 6.96. The molecule has 0 saturated carbocycles. The highest BCUT2D eigenvalue weighted by molar-refractivity contribution is 7.99. The smallest absolute Gasteiger partial charge is 0.258 e. The van der Waals surface area contributed by atoms with Crippen LogP contribution in [0.1, 0.15) is 18.0 Å². The summed E-state index contributed by atoms with van der Waals surface area (Å²) in [5, 5.41) is 9.29. The summed E-state index contributed by atoms with van der Waals surface area (Å²) in [7, 11) is 1.79. The Bertz CT molecular complexity index is 1190. The molecule has 27 heavy (non-hydrogen) atoms. The lowest BCUT2D eigenvalue weighted by Crippen LogP contribution is -2.13. The minimum atomic E-state index is -0.349. The Morgan fingerprint density at radius 2 is 1.85 bits per heavy atom. The fourth-order valence-electron chi connectivity index (χ4n) is 2.81. The van der Waals surface area contributed by atoms with E-state index in [4.69, 9.17) is 0 Å². The monoisotopic (exact) mass is 381 g/mol. The molecule has 4 aromatic rings. The topological polar surface area (TPSA) is 76.5 Å². The number of H-pyrrole nitrogens is 1. The molecule has 0 radical (unpaired) electrons. The first kappa shape index (κ1) is 17.4. The predicted molar refractivity (Wildman–Crippen MR) is 103 cm³/mol. The first-order chi connectivity index (χ1) is 13.0. The third kappa shape index (κ3) is 3.23. The lowest BCUT2D eigenvalue weighted by Gasteiger charge is -2.11. The molecule has 0 saturated heterocycles. The van der Waals surface area contributed by atoms with Gasteiger partial charge in [0.05, 0.1) is 21.7 Å². The zero-order valence-electron chi connectivity index (χ0n) is 14.7. The summed E-state index contributed by atoms with van der Waals surface area (Å²) in [5.41, 5.74) is 0.867. The summed E-state index contributed by atoms with van der Waals surface area (Å²) in [6, 6.07) is 13.7. The van der Waals surface area contributed by atoms with Gasteiger partial charge in [-0.25, -0.2) is 9.37 Å². The van der Waals surface area contributed by atoms with Crippen LogP contribution < -0.4 is 5.56 Å². The number of nitrogens with zero attached hydrogens (tertiary/aromatic N) is 4. The first-order valence-corrected chi connectivity index (χ1v) is 9.22. The molecule has 1 atom stereocenters. The Morgan fingerprint density at radius 3 is 2.67 bits per heavy atom. The number of rotatable bonds is 4. The quantitative estimate of drug-likeness (QED) is 0.545. The number of hydrogen-bond donors (Lipinski definition) is 1. The number of aromatic nitrogens is 5. The highest BCUT2D eigenvalue weighted by atomic mass is 32.2. The molecule has 1 N–H and O–H groups in total. The molecule has 0 aliphatic carbocycles. The third-order valence-corrected chi connectivity index (χ3v) is 5.39. The van der Waals surface area contributed by atoms with Gasteiger partial charge in [-0.1, -0.05) is 36.0 Å². The molecular weight excluding hydrogens is 365 g/mol. The minimum Gasteiger partial charge on any atom is -0.309 e. The molecule has 2 heterocycles. The van der Waals surface area contributed by atoms with Crippen molar-refractivity contribution in [1.29, 1.82) is 0 Å². The number of hydrogen-bond acceptors (Lipinski definition) is 5. The van der Waals surface area contributed by atoms with E-state index in [1.165, 1.54) is 17.8 Å². The van der Waals surface area contributed by atoms with Crippen LogP contribution in [0.2, 0.25) is 0 Å². The van der Waals surface area contributed by atoms with Gasteiger partial charge in [-0.3, -0.25) is 4.79 Å². The van der Waals surface area contributed by atoms with Crippen molar-refractivity contribution in [2.45, 2.75) is 17.3 Å². The average molecular weight is 381 g/mol. The Kier molecular flexibility index (Phi) is 4.49. The van der Waals surface area contributed by atoms with Crippen LogP contribution in [0.25, 0.3) is 22.3 Å². The molecule has 0 aliphatic heterocycles. The average Bonchev–Trinajstić information content (AvgIpc) is 3.02. The van der Waals surface area contributed by atoms with Crippen molar-refractivity contribution < 1.29 is 4.39 Å². The largest absolute Gasteiger partial charge is 0.309 e. The fourth-order valence-corrected chi connectivity index (χ4v) is 3.68. The number of aromatic amines is 1. The fraction of sp³-hybridized carbons (Fsp3) is 0.158. The molecule has 0 bridgehead atoms. The van der Waals surface area contributed by atoms with E-state index in [-0.39, 0.29) is 16.6 Å². The van der Waals surface area contributed by atoms with Crippen LogP contribution in [-0.2, 0) is 7.05 Å². The van der Waals surface area contributed by atoms with Gasteiger partial charge >= 0.3 is 0 Å². The Hall–Kier alpha value is -3.00. The summed E-state index contributed by atoms with van der Waals surface area (Å²) in [6.45, 7) is 1.93. The predicted octanol–water partition coefficient (Wildman–Crippen LogP) is 3.71. The van der Waals surface area contributed by atoms with Gasteiger partial charge in [-0.05, 0) is 31.2 Å². The van der Waals surface area contributed by atoms with E-state index in [2.05, 4.69) is 20.2 Å². The van der Waals surface area contributed by atoms with Crippen LogP contribution in [-0.4, -0.2) is 24.7 Å². The highest BCUT2D eigenvalue weighted by Gasteiger charge is 2.19. The second-order valence-corrected chi connectivity index (χ2v) is 7.38. The van der Waals surface area contributed by atoms with Crippen LogP contribution >= 0.6 is 11.8 Å². The van der Waals surface area contributed by atoms with Crippen LogP contribution in [0, 0.1) is 5.82 Å². The molecule has 0 spiro atoms. The van der Waals surface area contributed by atoms with Crippen LogP contribution in [0.3, 0.4) is 0 Å². The zero-order valence-corrected chi connectivity index (χ0v) is 15.5. The van der Waals surface area contributed by atoms with Crippen molar-refractivity contribution in [2.75, 3.05) is 0 Å². The molecule has 4 rings (SSSR count). The molecule has 2 aromatic carbocycles. The van der Waals surface area contributed by atoms with Crippen molar-refractivity contribution in [3.8, 4) is 11.4 Å². The lowest BCUT2D eigenvalue weighted by molar-refractivity contribution is 0.628. The van der Waals surface area contributed by atoms with Crippen molar-refractivity contribution in [3.05, 3.63) is 70.5 Å². The molecule has 8 heteroatoms. The van der Waals surface area contributed by atoms with Gasteiger partial charge in [-0.15, -0.1) is 10.2 Å². The number of nitrogens with one attached hydrogen (secondary N) is 1. The number of fused-ring (bicyclic) bond motifs is 1. The van der Waals surface area contributed by atoms with Crippen molar-refractivity contribution in [2.24, 2.45) is 7.05 Å². The van der Waals surface area contributed by atoms with E-state index < -0.39 is 0 Å². The maximum Gasteiger partial charge on any atom is 0.258 e. The standard InChI is InChI=1S/C19H16FN5OS/c1-11(16-21-15-10-6-4-8-13(15)18(26)22-16)27-19-24-23-17(25(19)2)12-7-3-5-9-14(12)20/h3-11H,1-2H3,(H,21,22,26)/t11-/m1/s1. The van der Waals surface area contributed by atoms with Gasteiger partial charge in [0.25, 0.3) is 5.56 Å². The van der Waals surface area contributed by atoms with Gasteiger partial charge in [0, 0.05) is 7.05 Å². The SMILES string of the molecule is C[C@@H](Sc1nnc(-c2ccccc2F)n1C)c1nc2ccccc2c(=O)[nH]1. The van der Waals surface area contributed by atoms with E-state index in [1.54, 1.807) is 41.9 Å². The second-order valence-electron chi connectivity index (χ2n) is 6.07. The zero-order chi connectivity index (χ0) is 19.0. The Balaban J connectivity index is 1.65. The molecule has 0 fully saturated rings. The number of thioether (sulfide) groups is 1. The van der Waals surface area contributed by atoms with E-state index in [1.807, 2.05) is 19.1 Å². The van der Waals surface area contributed by atoms with Crippen molar-refractivity contribution in [3.63, 3.8) is 0 Å². The van der Waals surface area contributed by atoms with Crippen LogP contribution in [0.5, 0.6) is 0 Å². The highest BCUT2D eigenvalue weighted by Crippen LogP contribution is 2.33. The summed E-state index contributed by atoms with van der Waals surface area (Å²) in [5.74, 6) is 0.653. The van der Waals surface area contributed by atoms with Gasteiger partial charge in [0.1, 0.15) is 11.6 Å². The van der Waals surface area contributed by atoms with Gasteiger partial charge < -0.3 is 9.55 Å². The van der Waals surface area contributed by atoms with Crippen molar-refractivity contribution >= 4 is 22.7 Å². The maximum atomic E-state index is 14.0. The van der Waals surface area contributed by atoms with Gasteiger partial charge in [0.2, 0.25) is 0 Å². The molecule has 136 valence electrons. The maximum absolute atomic E-state index is 14.0. The lowest BCUT2D eigenvalue weighted by atomic mass is 10.2. The first-order valence-electron chi connectivity index (χ1n) is 8.34. The normalized spacial score (nSPS) is 12.4. The number of para-hydroxylation sites is 1. The van der Waals surface area contributed by atoms with E-state index in [0.717, 1.165) is 0 Å². The number of benzene rings is 2. The third-order valence-electron chi connectivity index (χ3n) is 4.25. The summed E-state index contributed by atoms with van der Waals surface area (Å²) < 4.78 is 15.8. The Labute approximate surface area is 158 Å². The molecular formula is C19H16FN5OS. The minimum absolute atomic E-state index is 0.168. The Morgan fingerprint density at radius 1 is 1.11 bits per heavy atom. The molecule has 0 amide bonds. The molecule has 2 aromatic heterocycles.